The first-order valence-electron chi connectivity index (χ1n) is 6.47. The molecule has 1 amide bonds. The number of hydrogen-bond acceptors (Lipinski definition) is 2. The third-order valence-corrected chi connectivity index (χ3v) is 4.20. The monoisotopic (exact) mass is 285 g/mol. The fraction of sp³-hybridized carbons (Fsp3) is 0.500. The van der Waals surface area contributed by atoms with E-state index in [0.717, 1.165) is 12.1 Å². The molecule has 1 saturated heterocycles. The normalized spacial score (nSPS) is 28.7. The van der Waals surface area contributed by atoms with Crippen LogP contribution in [-0.4, -0.2) is 29.1 Å². The molecule has 0 bridgehead atoms. The molecule has 2 aliphatic rings. The number of aliphatic hydroxyl groups is 1. The van der Waals surface area contributed by atoms with E-state index in [1.54, 1.807) is 11.0 Å². The van der Waals surface area contributed by atoms with Crippen molar-refractivity contribution in [3.63, 3.8) is 0 Å². The summed E-state index contributed by atoms with van der Waals surface area (Å²) >= 11 is 0. The fourth-order valence-electron chi connectivity index (χ4n) is 3.07. The van der Waals surface area contributed by atoms with Crippen molar-refractivity contribution in [3.8, 4) is 0 Å². The van der Waals surface area contributed by atoms with Crippen LogP contribution in [0.5, 0.6) is 0 Å². The molecule has 20 heavy (non-hydrogen) atoms. The van der Waals surface area contributed by atoms with E-state index in [4.69, 9.17) is 5.11 Å². The lowest BCUT2D eigenvalue weighted by Gasteiger charge is -2.20. The molecule has 1 N–H and O–H groups in total. The zero-order valence-corrected chi connectivity index (χ0v) is 10.6. The summed E-state index contributed by atoms with van der Waals surface area (Å²) in [6.45, 7) is 0.747. The van der Waals surface area contributed by atoms with Gasteiger partial charge in [0.05, 0.1) is 5.56 Å². The van der Waals surface area contributed by atoms with Gasteiger partial charge in [-0.2, -0.15) is 13.2 Å². The molecule has 2 fully saturated rings. The van der Waals surface area contributed by atoms with E-state index < -0.39 is 11.7 Å². The molecule has 6 heteroatoms. The predicted octanol–water partition coefficient (Wildman–Crippen LogP) is 1.90. The molecule has 3 rings (SSSR count). The molecular weight excluding hydrogens is 271 g/mol. The number of rotatable bonds is 3. The number of fused-ring (bicyclic) bond motifs is 1. The van der Waals surface area contributed by atoms with Gasteiger partial charge in [-0.15, -0.1) is 0 Å². The maximum atomic E-state index is 12.6. The molecule has 1 aromatic rings. The Balaban J connectivity index is 1.70. The minimum atomic E-state index is -4.37. The molecule has 3 nitrogen and oxygen atoms in total. The Labute approximate surface area is 114 Å². The molecule has 1 heterocycles. The quantitative estimate of drug-likeness (QED) is 0.921. The van der Waals surface area contributed by atoms with Crippen LogP contribution in [0, 0.1) is 17.8 Å². The Kier molecular flexibility index (Phi) is 3.01. The van der Waals surface area contributed by atoms with Crippen LogP contribution in [0.2, 0.25) is 0 Å². The topological polar surface area (TPSA) is 40.5 Å². The molecule has 1 saturated carbocycles. The number of alkyl halides is 3. The third-order valence-electron chi connectivity index (χ3n) is 4.20. The van der Waals surface area contributed by atoms with Crippen LogP contribution in [0.15, 0.2) is 24.3 Å². The first-order chi connectivity index (χ1) is 9.41. The Morgan fingerprint density at radius 2 is 2.10 bits per heavy atom. The zero-order chi connectivity index (χ0) is 14.5. The number of carbonyl (C=O) groups excluding carboxylic acids is 1. The molecule has 0 spiro atoms. The molecule has 3 unspecified atom stereocenters. The molecular formula is C14H14F3NO2. The number of piperidine rings is 1. The number of benzene rings is 1. The summed E-state index contributed by atoms with van der Waals surface area (Å²) in [4.78, 5) is 13.6. The van der Waals surface area contributed by atoms with E-state index in [1.807, 2.05) is 0 Å². The van der Waals surface area contributed by atoms with Gasteiger partial charge in [0.2, 0.25) is 5.91 Å². The summed E-state index contributed by atoms with van der Waals surface area (Å²) in [6.07, 6.45) is -4.37. The summed E-state index contributed by atoms with van der Waals surface area (Å²) < 4.78 is 37.8. The van der Waals surface area contributed by atoms with Crippen LogP contribution >= 0.6 is 0 Å². The summed E-state index contributed by atoms with van der Waals surface area (Å²) in [5.41, 5.74) is -0.213. The summed E-state index contributed by atoms with van der Waals surface area (Å²) in [7, 11) is 0. The lowest BCUT2D eigenvalue weighted by molar-refractivity contribution is -0.137. The summed E-state index contributed by atoms with van der Waals surface area (Å²) in [6, 6.07) is 5.06. The number of hydrogen-bond donors (Lipinski definition) is 1. The molecule has 0 aromatic heterocycles. The van der Waals surface area contributed by atoms with Gasteiger partial charge in [0.1, 0.15) is 0 Å². The standard InChI is InChI=1S/C14H14F3NO2/c15-14(16,17)9-3-1-2-8(4-9)5-18-6-10-11(7-19)12(10)13(18)20/h1-4,10-12,19H,5-7H2. The number of nitrogens with zero attached hydrogens (tertiary/aromatic N) is 1. The van der Waals surface area contributed by atoms with Crippen molar-refractivity contribution in [2.75, 3.05) is 13.2 Å². The summed E-state index contributed by atoms with van der Waals surface area (Å²) in [5.74, 6) is 0.0656. The van der Waals surface area contributed by atoms with E-state index in [1.165, 1.54) is 6.07 Å². The lowest BCUT2D eigenvalue weighted by Crippen LogP contribution is -2.30. The Hall–Kier alpha value is -1.56. The number of carbonyl (C=O) groups is 1. The van der Waals surface area contributed by atoms with Gasteiger partial charge in [0.15, 0.2) is 0 Å². The van der Waals surface area contributed by atoms with E-state index in [9.17, 15) is 18.0 Å². The van der Waals surface area contributed by atoms with Crippen molar-refractivity contribution >= 4 is 5.91 Å². The smallest absolute Gasteiger partial charge is 0.396 e. The second-order valence-corrected chi connectivity index (χ2v) is 5.45. The van der Waals surface area contributed by atoms with E-state index >= 15 is 0 Å². The number of likely N-dealkylation sites (tertiary alicyclic amines) is 1. The number of aliphatic hydroxyl groups excluding tert-OH is 1. The summed E-state index contributed by atoms with van der Waals surface area (Å²) in [5, 5.41) is 9.04. The van der Waals surface area contributed by atoms with Gasteiger partial charge in [0.25, 0.3) is 0 Å². The highest BCUT2D eigenvalue weighted by Gasteiger charge is 2.60. The highest BCUT2D eigenvalue weighted by molar-refractivity contribution is 5.85. The van der Waals surface area contributed by atoms with Crippen LogP contribution in [0.4, 0.5) is 13.2 Å². The molecule has 1 aliphatic carbocycles. The van der Waals surface area contributed by atoms with Gasteiger partial charge in [-0.3, -0.25) is 4.79 Å². The van der Waals surface area contributed by atoms with Crippen molar-refractivity contribution in [3.05, 3.63) is 35.4 Å². The van der Waals surface area contributed by atoms with Crippen LogP contribution in [0.25, 0.3) is 0 Å². The van der Waals surface area contributed by atoms with Crippen LogP contribution in [-0.2, 0) is 17.5 Å². The molecule has 0 radical (unpaired) electrons. The Morgan fingerprint density at radius 1 is 1.35 bits per heavy atom. The van der Waals surface area contributed by atoms with E-state index in [-0.39, 0.29) is 36.8 Å². The third kappa shape index (κ3) is 2.18. The first-order valence-corrected chi connectivity index (χ1v) is 6.47. The second kappa shape index (κ2) is 4.48. The van der Waals surface area contributed by atoms with Crippen molar-refractivity contribution in [1.82, 2.24) is 4.90 Å². The molecule has 1 aromatic carbocycles. The Morgan fingerprint density at radius 3 is 2.65 bits per heavy atom. The average molecular weight is 285 g/mol. The SMILES string of the molecule is O=C1C2C(CO)C2CN1Cc1cccc(C(F)(F)F)c1. The van der Waals surface area contributed by atoms with Gasteiger partial charge in [0, 0.05) is 25.6 Å². The highest BCUT2D eigenvalue weighted by atomic mass is 19.4. The van der Waals surface area contributed by atoms with Gasteiger partial charge in [-0.05, 0) is 29.5 Å². The number of amides is 1. The fourth-order valence-corrected chi connectivity index (χ4v) is 3.07. The van der Waals surface area contributed by atoms with Crippen molar-refractivity contribution < 1.29 is 23.1 Å². The van der Waals surface area contributed by atoms with Gasteiger partial charge in [-0.1, -0.05) is 12.1 Å². The zero-order valence-electron chi connectivity index (χ0n) is 10.6. The second-order valence-electron chi connectivity index (χ2n) is 5.45. The minimum Gasteiger partial charge on any atom is -0.396 e. The van der Waals surface area contributed by atoms with Crippen molar-refractivity contribution in [1.29, 1.82) is 0 Å². The van der Waals surface area contributed by atoms with Crippen LogP contribution < -0.4 is 0 Å². The first kappa shape index (κ1) is 13.4. The molecule has 108 valence electrons. The van der Waals surface area contributed by atoms with Crippen molar-refractivity contribution in [2.45, 2.75) is 12.7 Å². The lowest BCUT2D eigenvalue weighted by atomic mass is 10.1. The minimum absolute atomic E-state index is 0.0124. The van der Waals surface area contributed by atoms with Gasteiger partial charge >= 0.3 is 6.18 Å². The number of halogens is 3. The van der Waals surface area contributed by atoms with Crippen LogP contribution in [0.3, 0.4) is 0 Å². The van der Waals surface area contributed by atoms with Crippen LogP contribution in [0.1, 0.15) is 11.1 Å². The highest BCUT2D eigenvalue weighted by Crippen LogP contribution is 2.52. The van der Waals surface area contributed by atoms with Gasteiger partial charge < -0.3 is 10.0 Å². The maximum Gasteiger partial charge on any atom is 0.416 e. The largest absolute Gasteiger partial charge is 0.416 e. The molecule has 3 atom stereocenters. The molecule has 1 aliphatic heterocycles. The Bertz CT molecular complexity index is 543. The van der Waals surface area contributed by atoms with Crippen molar-refractivity contribution in [2.24, 2.45) is 17.8 Å². The van der Waals surface area contributed by atoms with Gasteiger partial charge in [-0.25, -0.2) is 0 Å². The van der Waals surface area contributed by atoms with E-state index in [2.05, 4.69) is 0 Å². The van der Waals surface area contributed by atoms with E-state index in [0.29, 0.717) is 12.1 Å². The average Bonchev–Trinajstić information content (AvgIpc) is 3.00. The maximum absolute atomic E-state index is 12.6. The predicted molar refractivity (Wildman–Crippen MR) is 64.4 cm³/mol.